The number of nitrogens with one attached hydrogen (secondary N) is 1. The van der Waals surface area contributed by atoms with E-state index in [1.807, 2.05) is 36.9 Å². The molecule has 2 amide bonds. The van der Waals surface area contributed by atoms with Gasteiger partial charge in [-0.2, -0.15) is 0 Å². The number of aromatic nitrogens is 4. The first-order valence-electron chi connectivity index (χ1n) is 10.5. The van der Waals surface area contributed by atoms with Gasteiger partial charge in [0.15, 0.2) is 0 Å². The number of benzene rings is 1. The van der Waals surface area contributed by atoms with E-state index in [-0.39, 0.29) is 17.7 Å². The van der Waals surface area contributed by atoms with Crippen LogP contribution in [-0.4, -0.2) is 50.1 Å². The van der Waals surface area contributed by atoms with Gasteiger partial charge in [-0.15, -0.1) is 0 Å². The molecule has 1 aliphatic rings. The van der Waals surface area contributed by atoms with E-state index >= 15 is 0 Å². The SMILES string of the molecule is Cc1nc2ccc(C(=O)N3CCC(CC(=O)NCc4nonc4C)CC3)cc2nc1C. The van der Waals surface area contributed by atoms with Gasteiger partial charge < -0.3 is 10.2 Å². The summed E-state index contributed by atoms with van der Waals surface area (Å²) in [7, 11) is 0. The van der Waals surface area contributed by atoms with Crippen molar-refractivity contribution in [2.24, 2.45) is 5.92 Å². The van der Waals surface area contributed by atoms with E-state index in [0.717, 1.165) is 35.3 Å². The Hall–Kier alpha value is -3.36. The van der Waals surface area contributed by atoms with Gasteiger partial charge in [-0.3, -0.25) is 9.59 Å². The fourth-order valence-corrected chi connectivity index (χ4v) is 3.81. The molecule has 0 atom stereocenters. The molecule has 4 rings (SSSR count). The molecule has 1 N–H and O–H groups in total. The number of hydrogen-bond acceptors (Lipinski definition) is 7. The molecule has 1 aromatic carbocycles. The highest BCUT2D eigenvalue weighted by Gasteiger charge is 2.25. The molecule has 2 aromatic heterocycles. The third kappa shape index (κ3) is 4.70. The number of nitrogens with zero attached hydrogens (tertiary/aromatic N) is 5. The highest BCUT2D eigenvalue weighted by molar-refractivity contribution is 5.97. The van der Waals surface area contributed by atoms with Gasteiger partial charge in [0.05, 0.1) is 29.0 Å². The predicted octanol–water partition coefficient (Wildman–Crippen LogP) is 2.50. The van der Waals surface area contributed by atoms with Crippen molar-refractivity contribution in [1.82, 2.24) is 30.5 Å². The summed E-state index contributed by atoms with van der Waals surface area (Å²) in [6, 6.07) is 5.48. The topological polar surface area (TPSA) is 114 Å². The number of amides is 2. The lowest BCUT2D eigenvalue weighted by atomic mass is 9.93. The van der Waals surface area contributed by atoms with Crippen molar-refractivity contribution >= 4 is 22.8 Å². The van der Waals surface area contributed by atoms with Crippen LogP contribution in [0.15, 0.2) is 22.8 Å². The molecule has 0 radical (unpaired) electrons. The van der Waals surface area contributed by atoms with Gasteiger partial charge in [-0.25, -0.2) is 14.6 Å². The summed E-state index contributed by atoms with van der Waals surface area (Å²) in [5.74, 6) is 0.235. The standard InChI is InChI=1S/C22H26N6O3/c1-13-14(2)25-19-11-17(4-5-18(19)24-13)22(30)28-8-6-16(7-9-28)10-21(29)23-12-20-15(3)26-31-27-20/h4-5,11,16H,6-10,12H2,1-3H3,(H,23,29). The Morgan fingerprint density at radius 1 is 1.03 bits per heavy atom. The van der Waals surface area contributed by atoms with E-state index in [1.165, 1.54) is 0 Å². The number of hydrogen-bond donors (Lipinski definition) is 1. The van der Waals surface area contributed by atoms with Crippen molar-refractivity contribution < 1.29 is 14.2 Å². The van der Waals surface area contributed by atoms with Crippen LogP contribution < -0.4 is 5.32 Å². The van der Waals surface area contributed by atoms with Gasteiger partial charge in [0.25, 0.3) is 5.91 Å². The van der Waals surface area contributed by atoms with E-state index < -0.39 is 0 Å². The van der Waals surface area contributed by atoms with E-state index in [4.69, 9.17) is 0 Å². The minimum Gasteiger partial charge on any atom is -0.350 e. The van der Waals surface area contributed by atoms with E-state index in [2.05, 4.69) is 30.2 Å². The van der Waals surface area contributed by atoms with Crippen molar-refractivity contribution in [2.75, 3.05) is 13.1 Å². The average molecular weight is 422 g/mol. The van der Waals surface area contributed by atoms with E-state index in [9.17, 15) is 9.59 Å². The van der Waals surface area contributed by atoms with Crippen LogP contribution in [0.25, 0.3) is 11.0 Å². The fourth-order valence-electron chi connectivity index (χ4n) is 3.81. The Morgan fingerprint density at radius 2 is 1.74 bits per heavy atom. The van der Waals surface area contributed by atoms with Crippen LogP contribution in [0.2, 0.25) is 0 Å². The minimum absolute atomic E-state index is 0.00108. The molecule has 1 fully saturated rings. The summed E-state index contributed by atoms with van der Waals surface area (Å²) < 4.78 is 4.64. The van der Waals surface area contributed by atoms with Crippen LogP contribution in [0.5, 0.6) is 0 Å². The summed E-state index contributed by atoms with van der Waals surface area (Å²) in [6.45, 7) is 7.22. The van der Waals surface area contributed by atoms with Gasteiger partial charge in [-0.05, 0) is 57.7 Å². The van der Waals surface area contributed by atoms with Gasteiger partial charge >= 0.3 is 0 Å². The summed E-state index contributed by atoms with van der Waals surface area (Å²) in [6.07, 6.45) is 2.04. The Bertz CT molecular complexity index is 1120. The van der Waals surface area contributed by atoms with Crippen molar-refractivity contribution in [1.29, 1.82) is 0 Å². The fraction of sp³-hybridized carbons (Fsp3) is 0.455. The van der Waals surface area contributed by atoms with Crippen LogP contribution in [-0.2, 0) is 11.3 Å². The van der Waals surface area contributed by atoms with Crippen LogP contribution in [0.1, 0.15) is 52.4 Å². The minimum atomic E-state index is -0.0223. The molecule has 1 aliphatic heterocycles. The summed E-state index contributed by atoms with van der Waals surface area (Å²) in [4.78, 5) is 36.2. The number of likely N-dealkylation sites (tertiary alicyclic amines) is 1. The van der Waals surface area contributed by atoms with Gasteiger partial charge in [0, 0.05) is 25.1 Å². The Kier molecular flexibility index (Phi) is 5.92. The largest absolute Gasteiger partial charge is 0.350 e. The molecule has 9 heteroatoms. The van der Waals surface area contributed by atoms with Crippen LogP contribution in [0, 0.1) is 26.7 Å². The number of aryl methyl sites for hydroxylation is 3. The summed E-state index contributed by atoms with van der Waals surface area (Å²) >= 11 is 0. The average Bonchev–Trinajstić information content (AvgIpc) is 3.17. The van der Waals surface area contributed by atoms with Crippen molar-refractivity contribution in [3.8, 4) is 0 Å². The van der Waals surface area contributed by atoms with Crippen molar-refractivity contribution in [3.63, 3.8) is 0 Å². The Balaban J connectivity index is 1.30. The van der Waals surface area contributed by atoms with Crippen LogP contribution in [0.3, 0.4) is 0 Å². The van der Waals surface area contributed by atoms with Gasteiger partial charge in [0.1, 0.15) is 11.4 Å². The van der Waals surface area contributed by atoms with Crippen LogP contribution in [0.4, 0.5) is 0 Å². The zero-order chi connectivity index (χ0) is 22.0. The number of fused-ring (bicyclic) bond motifs is 1. The van der Waals surface area contributed by atoms with E-state index in [0.29, 0.717) is 43.0 Å². The maximum Gasteiger partial charge on any atom is 0.253 e. The quantitative estimate of drug-likeness (QED) is 0.672. The van der Waals surface area contributed by atoms with Crippen LogP contribution >= 0.6 is 0 Å². The maximum absolute atomic E-state index is 13.0. The third-order valence-corrected chi connectivity index (χ3v) is 5.90. The summed E-state index contributed by atoms with van der Waals surface area (Å²) in [5.41, 5.74) is 5.23. The number of carbonyl (C=O) groups is 2. The molecular formula is C22H26N6O3. The first kappa shape index (κ1) is 20.9. The number of piperidine rings is 1. The Labute approximate surface area is 180 Å². The second-order valence-electron chi connectivity index (χ2n) is 8.11. The molecule has 9 nitrogen and oxygen atoms in total. The first-order valence-corrected chi connectivity index (χ1v) is 10.5. The molecule has 0 unspecified atom stereocenters. The molecule has 0 saturated carbocycles. The second-order valence-corrected chi connectivity index (χ2v) is 8.11. The molecule has 0 bridgehead atoms. The highest BCUT2D eigenvalue weighted by atomic mass is 16.6. The zero-order valence-corrected chi connectivity index (χ0v) is 18.0. The Morgan fingerprint density at radius 3 is 2.42 bits per heavy atom. The maximum atomic E-state index is 13.0. The highest BCUT2D eigenvalue weighted by Crippen LogP contribution is 2.23. The molecule has 31 heavy (non-hydrogen) atoms. The lowest BCUT2D eigenvalue weighted by Gasteiger charge is -2.31. The van der Waals surface area contributed by atoms with Gasteiger partial charge in [0.2, 0.25) is 5.91 Å². The molecule has 162 valence electrons. The zero-order valence-electron chi connectivity index (χ0n) is 18.0. The van der Waals surface area contributed by atoms with Crippen molar-refractivity contribution in [2.45, 2.75) is 46.6 Å². The predicted molar refractivity (Wildman–Crippen MR) is 113 cm³/mol. The van der Waals surface area contributed by atoms with E-state index in [1.54, 1.807) is 6.92 Å². The molecule has 0 aliphatic carbocycles. The monoisotopic (exact) mass is 422 g/mol. The lowest BCUT2D eigenvalue weighted by molar-refractivity contribution is -0.122. The third-order valence-electron chi connectivity index (χ3n) is 5.90. The molecular weight excluding hydrogens is 396 g/mol. The molecule has 3 aromatic rings. The molecule has 0 spiro atoms. The summed E-state index contributed by atoms with van der Waals surface area (Å²) in [5, 5.41) is 10.3. The number of rotatable bonds is 5. The van der Waals surface area contributed by atoms with Gasteiger partial charge in [-0.1, -0.05) is 10.3 Å². The van der Waals surface area contributed by atoms with Crippen molar-refractivity contribution in [3.05, 3.63) is 46.5 Å². The first-order chi connectivity index (χ1) is 14.9. The normalized spacial score (nSPS) is 14.7. The smallest absolute Gasteiger partial charge is 0.253 e. The lowest BCUT2D eigenvalue weighted by Crippen LogP contribution is -2.39. The molecule has 1 saturated heterocycles. The number of carbonyl (C=O) groups excluding carboxylic acids is 2. The molecule has 3 heterocycles. The second kappa shape index (κ2) is 8.79.